The summed E-state index contributed by atoms with van der Waals surface area (Å²) >= 11 is 0. The zero-order valence-corrected chi connectivity index (χ0v) is 16.1. The Labute approximate surface area is 170 Å². The quantitative estimate of drug-likeness (QED) is 0.694. The minimum atomic E-state index is -0.302. The Balaban J connectivity index is 1.52. The van der Waals surface area contributed by atoms with Crippen LogP contribution in [0.1, 0.15) is 22.6 Å². The number of piperazine rings is 1. The molecule has 1 aliphatic heterocycles. The van der Waals surface area contributed by atoms with E-state index in [-0.39, 0.29) is 11.8 Å². The molecule has 0 unspecified atom stereocenters. The number of carbonyl (C=O) groups excluding carboxylic acids is 1. The minimum absolute atomic E-state index is 0.126. The summed E-state index contributed by atoms with van der Waals surface area (Å²) in [5.41, 5.74) is 2.62. The maximum Gasteiger partial charge on any atom is 0.234 e. The van der Waals surface area contributed by atoms with Crippen molar-refractivity contribution < 1.29 is 4.79 Å². The van der Waals surface area contributed by atoms with E-state index >= 15 is 0 Å². The fourth-order valence-corrected chi connectivity index (χ4v) is 3.77. The van der Waals surface area contributed by atoms with Gasteiger partial charge in [0.2, 0.25) is 5.91 Å². The molecule has 0 saturated carbocycles. The van der Waals surface area contributed by atoms with E-state index in [1.165, 1.54) is 0 Å². The molecule has 1 saturated heterocycles. The van der Waals surface area contributed by atoms with Crippen LogP contribution in [0.5, 0.6) is 0 Å². The van der Waals surface area contributed by atoms with Gasteiger partial charge in [-0.3, -0.25) is 4.79 Å². The van der Waals surface area contributed by atoms with Crippen molar-refractivity contribution in [1.82, 2.24) is 9.88 Å². The van der Waals surface area contributed by atoms with E-state index in [2.05, 4.69) is 16.0 Å². The van der Waals surface area contributed by atoms with Gasteiger partial charge in [-0.2, -0.15) is 5.26 Å². The normalized spacial score (nSPS) is 13.9. The molecule has 3 aromatic rings. The van der Waals surface area contributed by atoms with Crippen molar-refractivity contribution in [3.05, 3.63) is 95.7 Å². The van der Waals surface area contributed by atoms with E-state index in [0.717, 1.165) is 16.9 Å². The van der Waals surface area contributed by atoms with Gasteiger partial charge in [0, 0.05) is 32.4 Å². The number of pyridine rings is 1. The zero-order valence-electron chi connectivity index (χ0n) is 16.1. The first-order valence-corrected chi connectivity index (χ1v) is 9.76. The number of amides is 1. The zero-order chi connectivity index (χ0) is 20.1. The number of aromatic nitrogens is 1. The molecule has 0 radical (unpaired) electrons. The molecule has 0 aliphatic carbocycles. The van der Waals surface area contributed by atoms with Crippen LogP contribution in [0.2, 0.25) is 0 Å². The van der Waals surface area contributed by atoms with Gasteiger partial charge in [0.15, 0.2) is 0 Å². The molecule has 4 rings (SSSR count). The highest BCUT2D eigenvalue weighted by molar-refractivity contribution is 5.87. The average Bonchev–Trinajstić information content (AvgIpc) is 2.81. The van der Waals surface area contributed by atoms with Crippen LogP contribution in [-0.2, 0) is 4.79 Å². The van der Waals surface area contributed by atoms with Gasteiger partial charge in [0.1, 0.15) is 5.82 Å². The molecule has 1 aliphatic rings. The maximum atomic E-state index is 13.5. The fraction of sp³-hybridized carbons (Fsp3) is 0.208. The third kappa shape index (κ3) is 4.12. The van der Waals surface area contributed by atoms with Crippen molar-refractivity contribution in [1.29, 1.82) is 5.26 Å². The van der Waals surface area contributed by atoms with Crippen molar-refractivity contribution >= 4 is 11.7 Å². The number of hydrogen-bond donors (Lipinski definition) is 0. The van der Waals surface area contributed by atoms with E-state index in [1.54, 1.807) is 18.3 Å². The summed E-state index contributed by atoms with van der Waals surface area (Å²) in [6.07, 6.45) is 1.66. The third-order valence-electron chi connectivity index (χ3n) is 5.30. The molecule has 5 heteroatoms. The van der Waals surface area contributed by atoms with Crippen molar-refractivity contribution in [3.8, 4) is 6.07 Å². The van der Waals surface area contributed by atoms with Crippen molar-refractivity contribution in [3.63, 3.8) is 0 Å². The van der Waals surface area contributed by atoms with Crippen molar-refractivity contribution in [2.24, 2.45) is 0 Å². The summed E-state index contributed by atoms with van der Waals surface area (Å²) in [7, 11) is 0. The van der Waals surface area contributed by atoms with Gasteiger partial charge < -0.3 is 9.80 Å². The number of nitrogens with zero attached hydrogens (tertiary/aromatic N) is 4. The standard InChI is InChI=1S/C24H22N4O/c25-18-19-11-12-26-22(17-19)27-13-15-28(16-14-27)24(29)23(20-7-3-1-4-8-20)21-9-5-2-6-10-21/h1-12,17,23H,13-16H2. The highest BCUT2D eigenvalue weighted by atomic mass is 16.2. The molecule has 0 spiro atoms. The molecule has 2 heterocycles. The molecular weight excluding hydrogens is 360 g/mol. The topological polar surface area (TPSA) is 60.2 Å². The Hall–Kier alpha value is -3.65. The minimum Gasteiger partial charge on any atom is -0.353 e. The van der Waals surface area contributed by atoms with Crippen LogP contribution >= 0.6 is 0 Å². The number of carbonyl (C=O) groups is 1. The van der Waals surface area contributed by atoms with Gasteiger partial charge in [0.05, 0.1) is 17.6 Å². The van der Waals surface area contributed by atoms with Gasteiger partial charge in [-0.05, 0) is 23.3 Å². The van der Waals surface area contributed by atoms with E-state index < -0.39 is 0 Å². The Bertz CT molecular complexity index is 966. The number of anilines is 1. The highest BCUT2D eigenvalue weighted by Gasteiger charge is 2.30. The summed E-state index contributed by atoms with van der Waals surface area (Å²) in [4.78, 5) is 21.9. The Kier molecular flexibility index (Phi) is 5.53. The summed E-state index contributed by atoms with van der Waals surface area (Å²) in [6.45, 7) is 2.66. The smallest absolute Gasteiger partial charge is 0.234 e. The van der Waals surface area contributed by atoms with Gasteiger partial charge in [-0.1, -0.05) is 60.7 Å². The van der Waals surface area contributed by atoms with Gasteiger partial charge in [0.25, 0.3) is 0 Å². The van der Waals surface area contributed by atoms with Gasteiger partial charge in [-0.15, -0.1) is 0 Å². The van der Waals surface area contributed by atoms with Crippen LogP contribution in [0.15, 0.2) is 79.0 Å². The molecule has 0 atom stereocenters. The first kappa shape index (κ1) is 18.7. The summed E-state index contributed by atoms with van der Waals surface area (Å²) in [6, 6.07) is 25.6. The Morgan fingerprint density at radius 2 is 1.48 bits per heavy atom. The highest BCUT2D eigenvalue weighted by Crippen LogP contribution is 2.27. The predicted molar refractivity (Wildman–Crippen MR) is 112 cm³/mol. The lowest BCUT2D eigenvalue weighted by molar-refractivity contribution is -0.132. The largest absolute Gasteiger partial charge is 0.353 e. The number of rotatable bonds is 4. The lowest BCUT2D eigenvalue weighted by Crippen LogP contribution is -2.50. The van der Waals surface area contributed by atoms with Crippen LogP contribution in [0.4, 0.5) is 5.82 Å². The molecule has 5 nitrogen and oxygen atoms in total. The van der Waals surface area contributed by atoms with Gasteiger partial charge >= 0.3 is 0 Å². The molecule has 1 fully saturated rings. The molecule has 0 N–H and O–H groups in total. The monoisotopic (exact) mass is 382 g/mol. The van der Waals surface area contributed by atoms with Crippen LogP contribution in [0.3, 0.4) is 0 Å². The summed E-state index contributed by atoms with van der Waals surface area (Å²) in [5, 5.41) is 9.10. The number of hydrogen-bond acceptors (Lipinski definition) is 4. The molecule has 2 aromatic carbocycles. The lowest BCUT2D eigenvalue weighted by Gasteiger charge is -2.37. The maximum absolute atomic E-state index is 13.5. The van der Waals surface area contributed by atoms with Crippen LogP contribution in [0.25, 0.3) is 0 Å². The van der Waals surface area contributed by atoms with Crippen molar-refractivity contribution in [2.75, 3.05) is 31.1 Å². The van der Waals surface area contributed by atoms with Crippen molar-refractivity contribution in [2.45, 2.75) is 5.92 Å². The van der Waals surface area contributed by atoms with Crippen LogP contribution < -0.4 is 4.90 Å². The third-order valence-corrected chi connectivity index (χ3v) is 5.30. The summed E-state index contributed by atoms with van der Waals surface area (Å²) < 4.78 is 0. The first-order valence-electron chi connectivity index (χ1n) is 9.76. The molecular formula is C24H22N4O. The van der Waals surface area contributed by atoms with E-state index in [1.807, 2.05) is 65.6 Å². The molecule has 29 heavy (non-hydrogen) atoms. The van der Waals surface area contributed by atoms with E-state index in [0.29, 0.717) is 31.7 Å². The molecule has 1 aromatic heterocycles. The van der Waals surface area contributed by atoms with Crippen LogP contribution in [0, 0.1) is 11.3 Å². The SMILES string of the molecule is N#Cc1ccnc(N2CCN(C(=O)C(c3ccccc3)c3ccccc3)CC2)c1. The van der Waals surface area contributed by atoms with E-state index in [4.69, 9.17) is 5.26 Å². The fourth-order valence-electron chi connectivity index (χ4n) is 3.77. The second kappa shape index (κ2) is 8.57. The Morgan fingerprint density at radius 3 is 2.03 bits per heavy atom. The molecule has 1 amide bonds. The van der Waals surface area contributed by atoms with E-state index in [9.17, 15) is 4.79 Å². The lowest BCUT2D eigenvalue weighted by atomic mass is 9.90. The van der Waals surface area contributed by atoms with Crippen LogP contribution in [-0.4, -0.2) is 42.0 Å². The second-order valence-electron chi connectivity index (χ2n) is 7.08. The predicted octanol–water partition coefficient (Wildman–Crippen LogP) is 3.43. The molecule has 144 valence electrons. The number of nitriles is 1. The number of benzene rings is 2. The average molecular weight is 382 g/mol. The van der Waals surface area contributed by atoms with Gasteiger partial charge in [-0.25, -0.2) is 4.98 Å². The summed E-state index contributed by atoms with van der Waals surface area (Å²) in [5.74, 6) is 0.614. The first-order chi connectivity index (χ1) is 14.3. The molecule has 0 bridgehead atoms. The second-order valence-corrected chi connectivity index (χ2v) is 7.08. The Morgan fingerprint density at radius 1 is 0.897 bits per heavy atom.